The Morgan fingerprint density at radius 1 is 0.583 bits per heavy atom. The summed E-state index contributed by atoms with van der Waals surface area (Å²) in [5.74, 6) is -1.34. The fourth-order valence-corrected chi connectivity index (χ4v) is 9.70. The van der Waals surface area contributed by atoms with Gasteiger partial charge >= 0.3 is 12.4 Å². The molecule has 336 valence electrons. The van der Waals surface area contributed by atoms with Crippen LogP contribution in [-0.4, -0.2) is 76.5 Å². The third kappa shape index (κ3) is 12.4. The molecule has 2 aliphatic heterocycles. The molecule has 2 saturated heterocycles. The van der Waals surface area contributed by atoms with Gasteiger partial charge in [-0.3, -0.25) is 9.59 Å². The lowest BCUT2D eigenvalue weighted by atomic mass is 9.76. The SMILES string of the molecule is CNC(=O)C1(NCCC2CCC(c3ccc(F)cc3C(F)(F)F)CC2)CCOCC1.CNC(=O)C1(NCCC2CCC(c3ccc(F)cc3C(F)(F)F)CC2)CCOCC1. The van der Waals surface area contributed by atoms with E-state index in [4.69, 9.17) is 9.47 Å². The van der Waals surface area contributed by atoms with Crippen molar-refractivity contribution in [3.05, 3.63) is 70.3 Å². The van der Waals surface area contributed by atoms with E-state index in [9.17, 15) is 44.7 Å². The summed E-state index contributed by atoms with van der Waals surface area (Å²) in [6.45, 7) is 3.56. The molecule has 2 amide bonds. The predicted octanol–water partition coefficient (Wildman–Crippen LogP) is 8.79. The van der Waals surface area contributed by atoms with Crippen molar-refractivity contribution in [3.63, 3.8) is 0 Å². The highest BCUT2D eigenvalue weighted by Gasteiger charge is 2.42. The fraction of sp³-hybridized carbons (Fsp3) is 0.682. The number of nitrogens with one attached hydrogen (secondary N) is 4. The van der Waals surface area contributed by atoms with Gasteiger partial charge in [0.05, 0.1) is 11.1 Å². The first-order valence-corrected chi connectivity index (χ1v) is 21.3. The van der Waals surface area contributed by atoms with Crippen LogP contribution in [0.3, 0.4) is 0 Å². The van der Waals surface area contributed by atoms with Crippen molar-refractivity contribution in [2.45, 2.75) is 125 Å². The molecule has 2 saturated carbocycles. The number of rotatable bonds is 12. The molecule has 0 radical (unpaired) electrons. The Labute approximate surface area is 347 Å². The zero-order chi connectivity index (χ0) is 43.6. The van der Waals surface area contributed by atoms with Crippen molar-refractivity contribution in [2.24, 2.45) is 11.8 Å². The molecule has 2 aromatic carbocycles. The van der Waals surface area contributed by atoms with E-state index >= 15 is 0 Å². The van der Waals surface area contributed by atoms with E-state index in [1.165, 1.54) is 12.1 Å². The van der Waals surface area contributed by atoms with Crippen LogP contribution in [0.5, 0.6) is 0 Å². The smallest absolute Gasteiger partial charge is 0.381 e. The number of ether oxygens (including phenoxy) is 2. The average Bonchev–Trinajstić information content (AvgIpc) is 3.24. The Kier molecular flexibility index (Phi) is 16.8. The zero-order valence-corrected chi connectivity index (χ0v) is 34.6. The van der Waals surface area contributed by atoms with E-state index in [0.29, 0.717) is 115 Å². The first-order chi connectivity index (χ1) is 28.5. The first-order valence-electron chi connectivity index (χ1n) is 21.3. The van der Waals surface area contributed by atoms with Crippen molar-refractivity contribution < 1.29 is 54.2 Å². The third-order valence-electron chi connectivity index (χ3n) is 13.3. The quantitative estimate of drug-likeness (QED) is 0.159. The molecule has 0 unspecified atom stereocenters. The van der Waals surface area contributed by atoms with Crippen LogP contribution in [0.25, 0.3) is 0 Å². The minimum Gasteiger partial charge on any atom is -0.381 e. The molecular formula is C44H60F8N4O4. The summed E-state index contributed by atoms with van der Waals surface area (Å²) >= 11 is 0. The van der Waals surface area contributed by atoms with Gasteiger partial charge in [-0.15, -0.1) is 0 Å². The van der Waals surface area contributed by atoms with E-state index in [1.807, 2.05) is 0 Å². The number of amides is 2. The highest BCUT2D eigenvalue weighted by Crippen LogP contribution is 2.44. The standard InChI is InChI=1S/2C22H30F4N2O2/c2*1-27-20(29)21(9-12-30-13-10-21)28-11-8-15-2-4-16(5-3-15)18-7-6-17(23)14-19(18)22(24,25)26/h2*6-7,14-16,28H,2-5,8-13H2,1H3,(H,27,29). The van der Waals surface area contributed by atoms with Gasteiger partial charge in [-0.2, -0.15) is 26.3 Å². The second-order valence-electron chi connectivity index (χ2n) is 16.9. The van der Waals surface area contributed by atoms with Gasteiger partial charge in [0.15, 0.2) is 0 Å². The van der Waals surface area contributed by atoms with Crippen LogP contribution in [0.1, 0.15) is 124 Å². The number of carbonyl (C=O) groups excluding carboxylic acids is 2. The summed E-state index contributed by atoms with van der Waals surface area (Å²) in [5, 5.41) is 12.3. The van der Waals surface area contributed by atoms with Crippen molar-refractivity contribution in [1.82, 2.24) is 21.3 Å². The second-order valence-corrected chi connectivity index (χ2v) is 16.9. The zero-order valence-electron chi connectivity index (χ0n) is 34.6. The van der Waals surface area contributed by atoms with Crippen LogP contribution in [0.2, 0.25) is 0 Å². The van der Waals surface area contributed by atoms with Gasteiger partial charge in [0.1, 0.15) is 22.7 Å². The molecule has 4 aliphatic rings. The molecule has 0 aromatic heterocycles. The Bertz CT molecular complexity index is 1570. The minimum atomic E-state index is -4.55. The Morgan fingerprint density at radius 3 is 1.22 bits per heavy atom. The first kappa shape index (κ1) is 47.7. The lowest BCUT2D eigenvalue weighted by Gasteiger charge is -2.37. The molecule has 4 fully saturated rings. The Hall–Kier alpha value is -3.34. The number of likely N-dealkylation sites (N-methyl/N-ethyl adjacent to an activating group) is 2. The number of hydrogen-bond donors (Lipinski definition) is 4. The molecule has 0 bridgehead atoms. The van der Waals surface area contributed by atoms with E-state index < -0.39 is 46.2 Å². The van der Waals surface area contributed by atoms with Crippen molar-refractivity contribution in [2.75, 3.05) is 53.6 Å². The Balaban J connectivity index is 0.000000228. The molecule has 2 heterocycles. The number of halogens is 8. The summed E-state index contributed by atoms with van der Waals surface area (Å²) in [6, 6.07) is 6.04. The van der Waals surface area contributed by atoms with Crippen LogP contribution in [0, 0.1) is 23.5 Å². The number of hydrogen-bond acceptors (Lipinski definition) is 6. The molecule has 0 atom stereocenters. The van der Waals surface area contributed by atoms with E-state index in [-0.39, 0.29) is 34.8 Å². The topological polar surface area (TPSA) is 101 Å². The van der Waals surface area contributed by atoms with Gasteiger partial charge in [-0.1, -0.05) is 12.1 Å². The molecule has 2 aromatic rings. The maximum atomic E-state index is 13.4. The lowest BCUT2D eigenvalue weighted by molar-refractivity contribution is -0.139. The van der Waals surface area contributed by atoms with Gasteiger partial charge in [0.2, 0.25) is 11.8 Å². The van der Waals surface area contributed by atoms with Crippen LogP contribution in [0.15, 0.2) is 36.4 Å². The molecule has 2 aliphatic carbocycles. The third-order valence-corrected chi connectivity index (χ3v) is 13.3. The van der Waals surface area contributed by atoms with Crippen LogP contribution < -0.4 is 21.3 Å². The fourth-order valence-electron chi connectivity index (χ4n) is 9.70. The van der Waals surface area contributed by atoms with Gasteiger partial charge in [-0.05, 0) is 162 Å². The molecule has 4 N–H and O–H groups in total. The summed E-state index contributed by atoms with van der Waals surface area (Å²) in [6.07, 6.45) is 1.14. The maximum absolute atomic E-state index is 13.4. The second kappa shape index (κ2) is 21.2. The summed E-state index contributed by atoms with van der Waals surface area (Å²) < 4.78 is 117. The van der Waals surface area contributed by atoms with Crippen molar-refractivity contribution in [3.8, 4) is 0 Å². The van der Waals surface area contributed by atoms with E-state index in [0.717, 1.165) is 50.7 Å². The van der Waals surface area contributed by atoms with Crippen molar-refractivity contribution >= 4 is 11.8 Å². The number of alkyl halides is 6. The normalized spacial score (nSPS) is 24.4. The molecule has 8 nitrogen and oxygen atoms in total. The van der Waals surface area contributed by atoms with Gasteiger partial charge in [0, 0.05) is 40.5 Å². The largest absolute Gasteiger partial charge is 0.416 e. The molecule has 16 heteroatoms. The van der Waals surface area contributed by atoms with Crippen LogP contribution in [0.4, 0.5) is 35.1 Å². The predicted molar refractivity (Wildman–Crippen MR) is 211 cm³/mol. The highest BCUT2D eigenvalue weighted by molar-refractivity contribution is 5.86. The molecular weight excluding hydrogens is 800 g/mol. The number of carbonyl (C=O) groups is 2. The van der Waals surface area contributed by atoms with Gasteiger partial charge in [0.25, 0.3) is 0 Å². The summed E-state index contributed by atoms with van der Waals surface area (Å²) in [5.41, 5.74) is -2.47. The number of benzene rings is 2. The van der Waals surface area contributed by atoms with E-state index in [1.54, 1.807) is 14.1 Å². The van der Waals surface area contributed by atoms with Crippen molar-refractivity contribution in [1.29, 1.82) is 0 Å². The monoisotopic (exact) mass is 860 g/mol. The molecule has 60 heavy (non-hydrogen) atoms. The van der Waals surface area contributed by atoms with Gasteiger partial charge in [-0.25, -0.2) is 8.78 Å². The lowest BCUT2D eigenvalue weighted by Crippen LogP contribution is -2.59. The Morgan fingerprint density at radius 2 is 0.917 bits per heavy atom. The van der Waals surface area contributed by atoms with Gasteiger partial charge < -0.3 is 30.7 Å². The summed E-state index contributed by atoms with van der Waals surface area (Å²) in [7, 11) is 3.26. The molecule has 6 rings (SSSR count). The average molecular weight is 861 g/mol. The van der Waals surface area contributed by atoms with Crippen LogP contribution >= 0.6 is 0 Å². The highest BCUT2D eigenvalue weighted by atomic mass is 19.4. The van der Waals surface area contributed by atoms with Crippen LogP contribution in [-0.2, 0) is 31.4 Å². The maximum Gasteiger partial charge on any atom is 0.416 e. The molecule has 0 spiro atoms. The minimum absolute atomic E-state index is 0.0227. The van der Waals surface area contributed by atoms with E-state index in [2.05, 4.69) is 21.3 Å². The summed E-state index contributed by atoms with van der Waals surface area (Å²) in [4.78, 5) is 24.7.